The molecule has 8 nitrogen and oxygen atoms in total. The summed E-state index contributed by atoms with van der Waals surface area (Å²) in [5.74, 6) is 1.05. The molecule has 0 spiro atoms. The van der Waals surface area contributed by atoms with Crippen LogP contribution in [0.4, 0.5) is 0 Å². The highest BCUT2D eigenvalue weighted by Gasteiger charge is 2.34. The van der Waals surface area contributed by atoms with Gasteiger partial charge < -0.3 is 15.2 Å². The fourth-order valence-corrected chi connectivity index (χ4v) is 4.86. The molecule has 1 amide bonds. The number of thioether (sulfide) groups is 1. The molecule has 2 aromatic carbocycles. The molecule has 4 rings (SSSR count). The van der Waals surface area contributed by atoms with Gasteiger partial charge >= 0.3 is 0 Å². The Morgan fingerprint density at radius 1 is 1.27 bits per heavy atom. The van der Waals surface area contributed by atoms with Crippen molar-refractivity contribution in [3.63, 3.8) is 0 Å². The molecule has 2 aliphatic rings. The number of nitrogens with zero attached hydrogens (tertiary/aromatic N) is 1. The summed E-state index contributed by atoms with van der Waals surface area (Å²) in [5.41, 5.74) is 6.47. The SMILES string of the molecule is CC1(C)Cc2c(Oc3ccc(S(C)(=O)=O)cc3)cc(C(=O)N=C(N)SC(=N)C3CC3)cc2O1.[HH]. The minimum Gasteiger partial charge on any atom is -0.487 e. The number of nitrogens with one attached hydrogen (secondary N) is 1. The topological polar surface area (TPSA) is 132 Å². The Labute approximate surface area is 198 Å². The monoisotopic (exact) mass is 489 g/mol. The van der Waals surface area contributed by atoms with Crippen molar-refractivity contribution in [3.8, 4) is 17.2 Å². The highest BCUT2D eigenvalue weighted by molar-refractivity contribution is 8.26. The molecule has 176 valence electrons. The van der Waals surface area contributed by atoms with E-state index in [1.807, 2.05) is 13.8 Å². The molecule has 1 aliphatic carbocycles. The Kier molecular flexibility index (Phi) is 6.00. The lowest BCUT2D eigenvalue weighted by Crippen LogP contribution is -2.24. The summed E-state index contributed by atoms with van der Waals surface area (Å²) in [5, 5.41) is 8.40. The fraction of sp³-hybridized carbons (Fsp3) is 0.348. The van der Waals surface area contributed by atoms with Crippen LogP contribution in [0.5, 0.6) is 17.2 Å². The number of ether oxygens (including phenoxy) is 2. The number of carbonyl (C=O) groups is 1. The van der Waals surface area contributed by atoms with Crippen LogP contribution in [-0.4, -0.2) is 36.4 Å². The van der Waals surface area contributed by atoms with Gasteiger partial charge in [-0.2, -0.15) is 4.99 Å². The first-order valence-electron chi connectivity index (χ1n) is 10.4. The minimum absolute atomic E-state index is 0. The van der Waals surface area contributed by atoms with E-state index in [0.717, 1.165) is 36.4 Å². The van der Waals surface area contributed by atoms with Gasteiger partial charge in [-0.1, -0.05) is 0 Å². The number of benzene rings is 2. The standard InChI is InChI=1S/C23H25N3O5S2.H2/c1-23(2)12-17-18(30-15-6-8-16(9-7-15)33(3,28)29)10-14(11-19(17)31-23)21(27)26-22(25)32-20(24)13-4-5-13;/h6-11,13,24H,4-5,12H2,1-3H3,(H2,25,26,27);1H. The first kappa shape index (κ1) is 23.3. The van der Waals surface area contributed by atoms with Crippen LogP contribution in [0.25, 0.3) is 0 Å². The summed E-state index contributed by atoms with van der Waals surface area (Å²) >= 11 is 1.01. The molecule has 0 bridgehead atoms. The van der Waals surface area contributed by atoms with Crippen LogP contribution in [0.2, 0.25) is 0 Å². The van der Waals surface area contributed by atoms with Crippen molar-refractivity contribution in [1.82, 2.24) is 0 Å². The summed E-state index contributed by atoms with van der Waals surface area (Å²) in [6.45, 7) is 3.88. The third-order valence-electron chi connectivity index (χ3n) is 5.26. The molecule has 2 aromatic rings. The summed E-state index contributed by atoms with van der Waals surface area (Å²) in [7, 11) is -3.32. The minimum atomic E-state index is -3.32. The van der Waals surface area contributed by atoms with Crippen molar-refractivity contribution < 1.29 is 24.1 Å². The lowest BCUT2D eigenvalue weighted by atomic mass is 9.99. The summed E-state index contributed by atoms with van der Waals surface area (Å²) in [6.07, 6.45) is 3.65. The smallest absolute Gasteiger partial charge is 0.279 e. The lowest BCUT2D eigenvalue weighted by molar-refractivity contribution is 0.100. The van der Waals surface area contributed by atoms with Gasteiger partial charge in [-0.15, -0.1) is 0 Å². The highest BCUT2D eigenvalue weighted by Crippen LogP contribution is 2.43. The number of hydrogen-bond donors (Lipinski definition) is 2. The molecule has 33 heavy (non-hydrogen) atoms. The Bertz CT molecular complexity index is 1270. The summed E-state index contributed by atoms with van der Waals surface area (Å²) in [6, 6.07) is 9.28. The quantitative estimate of drug-likeness (QED) is 0.469. The molecular weight excluding hydrogens is 462 g/mol. The van der Waals surface area contributed by atoms with Gasteiger partial charge in [-0.05, 0) is 74.8 Å². The predicted octanol–water partition coefficient (Wildman–Crippen LogP) is 4.42. The lowest BCUT2D eigenvalue weighted by Gasteiger charge is -2.16. The Morgan fingerprint density at radius 3 is 2.55 bits per heavy atom. The van der Waals surface area contributed by atoms with Crippen molar-refractivity contribution in [2.45, 2.75) is 43.6 Å². The van der Waals surface area contributed by atoms with Crippen molar-refractivity contribution in [2.75, 3.05) is 6.26 Å². The van der Waals surface area contributed by atoms with Crippen LogP contribution >= 0.6 is 11.8 Å². The Balaban J connectivity index is 0.00000324. The number of fused-ring (bicyclic) bond motifs is 1. The number of sulfone groups is 1. The van der Waals surface area contributed by atoms with E-state index in [9.17, 15) is 13.2 Å². The number of aliphatic imine (C=N–C) groups is 1. The van der Waals surface area contributed by atoms with E-state index in [0.29, 0.717) is 28.7 Å². The average molecular weight is 490 g/mol. The van der Waals surface area contributed by atoms with Crippen LogP contribution in [-0.2, 0) is 16.3 Å². The largest absolute Gasteiger partial charge is 0.487 e. The number of amides is 1. The maximum absolute atomic E-state index is 12.8. The van der Waals surface area contributed by atoms with E-state index in [4.69, 9.17) is 20.6 Å². The molecule has 1 aliphatic heterocycles. The van der Waals surface area contributed by atoms with Gasteiger partial charge in [0, 0.05) is 31.1 Å². The van der Waals surface area contributed by atoms with E-state index in [2.05, 4.69) is 4.99 Å². The van der Waals surface area contributed by atoms with Gasteiger partial charge in [-0.3, -0.25) is 10.2 Å². The molecule has 0 atom stereocenters. The van der Waals surface area contributed by atoms with Gasteiger partial charge in [0.1, 0.15) is 22.8 Å². The van der Waals surface area contributed by atoms with E-state index in [1.165, 1.54) is 12.1 Å². The predicted molar refractivity (Wildman–Crippen MR) is 131 cm³/mol. The zero-order valence-corrected chi connectivity index (χ0v) is 20.2. The van der Waals surface area contributed by atoms with Crippen molar-refractivity contribution >= 4 is 37.7 Å². The van der Waals surface area contributed by atoms with Gasteiger partial charge in [0.25, 0.3) is 5.91 Å². The van der Waals surface area contributed by atoms with Crippen LogP contribution in [0.3, 0.4) is 0 Å². The van der Waals surface area contributed by atoms with Crippen LogP contribution in [0.15, 0.2) is 46.3 Å². The second-order valence-electron chi connectivity index (χ2n) is 8.83. The van der Waals surface area contributed by atoms with Crippen molar-refractivity contribution in [3.05, 3.63) is 47.5 Å². The zero-order valence-electron chi connectivity index (χ0n) is 18.5. The Morgan fingerprint density at radius 2 is 1.94 bits per heavy atom. The molecule has 3 N–H and O–H groups in total. The van der Waals surface area contributed by atoms with E-state index in [-0.39, 0.29) is 23.0 Å². The number of rotatable bonds is 5. The summed E-state index contributed by atoms with van der Waals surface area (Å²) in [4.78, 5) is 16.9. The summed E-state index contributed by atoms with van der Waals surface area (Å²) < 4.78 is 35.5. The van der Waals surface area contributed by atoms with Gasteiger partial charge in [0.05, 0.1) is 9.94 Å². The van der Waals surface area contributed by atoms with E-state index in [1.54, 1.807) is 24.3 Å². The van der Waals surface area contributed by atoms with Gasteiger partial charge in [0.15, 0.2) is 15.0 Å². The van der Waals surface area contributed by atoms with Crippen molar-refractivity contribution in [2.24, 2.45) is 16.6 Å². The van der Waals surface area contributed by atoms with Gasteiger partial charge in [0.2, 0.25) is 0 Å². The molecule has 1 fully saturated rings. The van der Waals surface area contributed by atoms with Crippen LogP contribution in [0, 0.1) is 11.3 Å². The molecule has 1 saturated carbocycles. The second kappa shape index (κ2) is 8.49. The molecule has 1 heterocycles. The van der Waals surface area contributed by atoms with Crippen LogP contribution < -0.4 is 15.2 Å². The van der Waals surface area contributed by atoms with Crippen LogP contribution in [0.1, 0.15) is 44.0 Å². The second-order valence-corrected chi connectivity index (χ2v) is 11.9. The average Bonchev–Trinajstić information content (AvgIpc) is 3.50. The molecule has 0 unspecified atom stereocenters. The molecular formula is C23H27N3O5S2. The maximum Gasteiger partial charge on any atom is 0.279 e. The molecule has 0 aromatic heterocycles. The maximum atomic E-state index is 12.8. The van der Waals surface area contributed by atoms with Gasteiger partial charge in [-0.25, -0.2) is 8.42 Å². The third kappa shape index (κ3) is 5.56. The molecule has 0 radical (unpaired) electrons. The normalized spacial score (nSPS) is 17.2. The third-order valence-corrected chi connectivity index (χ3v) is 7.24. The fourth-order valence-electron chi connectivity index (χ4n) is 3.47. The number of hydrogen-bond acceptors (Lipinski definition) is 7. The number of nitrogens with two attached hydrogens (primary N) is 1. The Hall–Kier alpha value is -2.85. The molecule has 0 saturated heterocycles. The van der Waals surface area contributed by atoms with Crippen molar-refractivity contribution in [1.29, 1.82) is 5.41 Å². The first-order chi connectivity index (χ1) is 15.4. The zero-order chi connectivity index (χ0) is 24.0. The molecule has 10 heteroatoms. The van der Waals surface area contributed by atoms with E-state index < -0.39 is 21.3 Å². The highest BCUT2D eigenvalue weighted by atomic mass is 32.2. The number of carbonyl (C=O) groups excluding carboxylic acids is 1. The first-order valence-corrected chi connectivity index (χ1v) is 13.1. The number of amidine groups is 1. The van der Waals surface area contributed by atoms with E-state index >= 15 is 0 Å².